The van der Waals surface area contributed by atoms with Crippen LogP contribution in [0.2, 0.25) is 5.02 Å². The molecule has 0 saturated carbocycles. The predicted octanol–water partition coefficient (Wildman–Crippen LogP) is 3.75. The number of hydrogen-bond acceptors (Lipinski definition) is 8. The molecule has 32 heavy (non-hydrogen) atoms. The average molecular weight is 478 g/mol. The number of nitrogens with zero attached hydrogens (tertiary/aromatic N) is 1. The van der Waals surface area contributed by atoms with Crippen molar-refractivity contribution in [2.45, 2.75) is 11.9 Å². The summed E-state index contributed by atoms with van der Waals surface area (Å²) in [5.74, 6) is 2.09. The molecule has 2 aromatic carbocycles. The van der Waals surface area contributed by atoms with Crippen LogP contribution in [0.5, 0.6) is 23.0 Å². The number of methoxy groups -OCH3 is 2. The van der Waals surface area contributed by atoms with Crippen molar-refractivity contribution >= 4 is 40.7 Å². The van der Waals surface area contributed by atoms with Crippen molar-refractivity contribution in [3.63, 3.8) is 0 Å². The Kier molecular flexibility index (Phi) is 6.48. The van der Waals surface area contributed by atoms with Crippen LogP contribution < -0.4 is 30.0 Å². The lowest BCUT2D eigenvalue weighted by Gasteiger charge is -2.27. The van der Waals surface area contributed by atoms with E-state index < -0.39 is 5.91 Å². The molecule has 0 aromatic heterocycles. The van der Waals surface area contributed by atoms with Gasteiger partial charge in [-0.15, -0.1) is 0 Å². The van der Waals surface area contributed by atoms with Crippen LogP contribution in [0.3, 0.4) is 0 Å². The Balaban J connectivity index is 1.66. The van der Waals surface area contributed by atoms with Crippen molar-refractivity contribution in [2.75, 3.05) is 39.8 Å². The van der Waals surface area contributed by atoms with Gasteiger partial charge < -0.3 is 34.9 Å². The smallest absolute Gasteiger partial charge is 0.222 e. The van der Waals surface area contributed by atoms with Gasteiger partial charge in [-0.05, 0) is 24.3 Å². The second-order valence-electron chi connectivity index (χ2n) is 7.19. The third-order valence-corrected chi connectivity index (χ3v) is 6.70. The number of fused-ring (bicyclic) bond motifs is 1. The van der Waals surface area contributed by atoms with Gasteiger partial charge in [0.1, 0.15) is 24.7 Å². The van der Waals surface area contributed by atoms with E-state index in [9.17, 15) is 4.79 Å². The van der Waals surface area contributed by atoms with Crippen molar-refractivity contribution < 1.29 is 23.7 Å². The topological polar surface area (TPSA) is 95.3 Å². The third-order valence-electron chi connectivity index (χ3n) is 5.13. The van der Waals surface area contributed by atoms with E-state index in [1.54, 1.807) is 26.4 Å². The summed E-state index contributed by atoms with van der Waals surface area (Å²) in [5, 5.41) is 3.90. The van der Waals surface area contributed by atoms with Crippen molar-refractivity contribution in [1.29, 1.82) is 0 Å². The number of halogens is 1. The number of primary amides is 1. The Bertz CT molecular complexity index is 1080. The molecule has 2 aromatic rings. The van der Waals surface area contributed by atoms with Gasteiger partial charge in [0.15, 0.2) is 17.0 Å². The molecule has 2 aliphatic rings. The highest BCUT2D eigenvalue weighted by Crippen LogP contribution is 2.46. The van der Waals surface area contributed by atoms with Gasteiger partial charge in [0.05, 0.1) is 37.0 Å². The van der Waals surface area contributed by atoms with E-state index in [0.29, 0.717) is 46.9 Å². The van der Waals surface area contributed by atoms with Crippen molar-refractivity contribution in [2.24, 2.45) is 5.73 Å². The number of carbonyl (C=O) groups excluding carboxylic acids is 1. The molecule has 1 amide bonds. The molecular formula is C22H24ClN3O5S. The average Bonchev–Trinajstić information content (AvgIpc) is 3.07. The molecule has 4 rings (SSSR count). The van der Waals surface area contributed by atoms with E-state index >= 15 is 0 Å². The molecule has 8 nitrogen and oxygen atoms in total. The number of nitrogens with one attached hydrogen (secondary N) is 1. The summed E-state index contributed by atoms with van der Waals surface area (Å²) in [4.78, 5) is 14.7. The zero-order chi connectivity index (χ0) is 22.8. The summed E-state index contributed by atoms with van der Waals surface area (Å²) in [5.41, 5.74) is 7.81. The third kappa shape index (κ3) is 4.35. The van der Waals surface area contributed by atoms with Crippen LogP contribution >= 0.6 is 23.4 Å². The molecule has 0 fully saturated rings. The van der Waals surface area contributed by atoms with Gasteiger partial charge in [-0.2, -0.15) is 0 Å². The molecule has 170 valence electrons. The summed E-state index contributed by atoms with van der Waals surface area (Å²) in [7, 11) is 5.08. The molecule has 2 heterocycles. The van der Waals surface area contributed by atoms with E-state index in [2.05, 4.69) is 5.32 Å². The van der Waals surface area contributed by atoms with Crippen LogP contribution in [0, 0.1) is 0 Å². The molecule has 3 N–H and O–H groups in total. The second kappa shape index (κ2) is 9.30. The van der Waals surface area contributed by atoms with E-state index in [1.807, 2.05) is 30.1 Å². The van der Waals surface area contributed by atoms with Crippen LogP contribution in [-0.4, -0.2) is 50.8 Å². The molecule has 1 atom stereocenters. The zero-order valence-electron chi connectivity index (χ0n) is 17.9. The number of rotatable bonds is 7. The number of nitrogens with two attached hydrogens (primary N) is 1. The highest BCUT2D eigenvalue weighted by molar-refractivity contribution is 8.04. The number of benzene rings is 2. The van der Waals surface area contributed by atoms with E-state index in [4.69, 9.17) is 36.3 Å². The van der Waals surface area contributed by atoms with Crippen LogP contribution in [0.1, 0.15) is 12.0 Å². The fraction of sp³-hybridized carbons (Fsp3) is 0.318. The monoisotopic (exact) mass is 477 g/mol. The van der Waals surface area contributed by atoms with Crippen LogP contribution in [0.4, 0.5) is 5.69 Å². The second-order valence-corrected chi connectivity index (χ2v) is 8.77. The van der Waals surface area contributed by atoms with Crippen molar-refractivity contribution in [3.05, 3.63) is 45.8 Å². The molecule has 0 radical (unpaired) electrons. The zero-order valence-corrected chi connectivity index (χ0v) is 19.5. The predicted molar refractivity (Wildman–Crippen MR) is 125 cm³/mol. The highest BCUT2D eigenvalue weighted by Gasteiger charge is 2.33. The van der Waals surface area contributed by atoms with Gasteiger partial charge in [0.2, 0.25) is 5.91 Å². The number of ether oxygens (including phenoxy) is 4. The van der Waals surface area contributed by atoms with Gasteiger partial charge in [-0.3, -0.25) is 4.79 Å². The molecular weight excluding hydrogens is 454 g/mol. The molecule has 0 bridgehead atoms. The van der Waals surface area contributed by atoms with Gasteiger partial charge in [0.25, 0.3) is 0 Å². The molecule has 0 saturated heterocycles. The Morgan fingerprint density at radius 2 is 1.91 bits per heavy atom. The number of thioether (sulfide) groups is 1. The highest BCUT2D eigenvalue weighted by atomic mass is 35.5. The Hall–Kier alpha value is -2.91. The Morgan fingerprint density at radius 1 is 1.19 bits per heavy atom. The summed E-state index contributed by atoms with van der Waals surface area (Å²) in [6.45, 7) is 1.02. The van der Waals surface area contributed by atoms with E-state index in [1.165, 1.54) is 11.8 Å². The fourth-order valence-electron chi connectivity index (χ4n) is 3.65. The SMILES string of the molecule is COc1cc(OC)c(NC2SC(CC(N)=O)=C(c3ccc4c(c3)OCCO4)N2C)cc1Cl. The lowest BCUT2D eigenvalue weighted by Crippen LogP contribution is -2.30. The first-order valence-corrected chi connectivity index (χ1v) is 11.2. The van der Waals surface area contributed by atoms with E-state index in [-0.39, 0.29) is 11.9 Å². The van der Waals surface area contributed by atoms with Gasteiger partial charge in [-0.25, -0.2) is 0 Å². The normalized spacial score (nSPS) is 17.4. The summed E-state index contributed by atoms with van der Waals surface area (Å²) in [6, 6.07) is 9.24. The lowest BCUT2D eigenvalue weighted by atomic mass is 10.1. The van der Waals surface area contributed by atoms with Crippen molar-refractivity contribution in [3.8, 4) is 23.0 Å². The Morgan fingerprint density at radius 3 is 2.59 bits per heavy atom. The first kappa shape index (κ1) is 22.3. The minimum atomic E-state index is -0.401. The molecule has 0 aliphatic carbocycles. The quantitative estimate of drug-likeness (QED) is 0.622. The molecule has 1 unspecified atom stereocenters. The largest absolute Gasteiger partial charge is 0.495 e. The maximum atomic E-state index is 11.8. The number of amides is 1. The van der Waals surface area contributed by atoms with Crippen LogP contribution in [0.15, 0.2) is 35.2 Å². The maximum Gasteiger partial charge on any atom is 0.222 e. The van der Waals surface area contributed by atoms with Crippen LogP contribution in [0.25, 0.3) is 5.70 Å². The van der Waals surface area contributed by atoms with Gasteiger partial charge in [0, 0.05) is 23.6 Å². The summed E-state index contributed by atoms with van der Waals surface area (Å²) in [6.07, 6.45) is 0.122. The molecule has 2 aliphatic heterocycles. The van der Waals surface area contributed by atoms with E-state index in [0.717, 1.165) is 16.2 Å². The number of anilines is 1. The fourth-order valence-corrected chi connectivity index (χ4v) is 5.21. The first-order valence-electron chi connectivity index (χ1n) is 9.90. The first-order chi connectivity index (χ1) is 15.4. The number of hydrogen-bond donors (Lipinski definition) is 2. The summed E-state index contributed by atoms with van der Waals surface area (Å²) >= 11 is 7.84. The Labute approximate surface area is 195 Å². The molecule has 10 heteroatoms. The maximum absolute atomic E-state index is 11.8. The van der Waals surface area contributed by atoms with Gasteiger partial charge >= 0.3 is 0 Å². The standard InChI is InChI=1S/C22H24ClN3O5S/c1-26-21(12-4-5-15-18(8-12)31-7-6-30-15)19(11-20(24)27)32-22(26)25-14-9-13(23)16(28-2)10-17(14)29-3/h4-5,8-10,22,25H,6-7,11H2,1-3H3,(H2,24,27). The minimum Gasteiger partial charge on any atom is -0.495 e. The van der Waals surface area contributed by atoms with Gasteiger partial charge in [-0.1, -0.05) is 23.4 Å². The molecule has 0 spiro atoms. The summed E-state index contributed by atoms with van der Waals surface area (Å²) < 4.78 is 22.2. The minimum absolute atomic E-state index is 0.122. The van der Waals surface area contributed by atoms with Crippen molar-refractivity contribution in [1.82, 2.24) is 4.90 Å². The van der Waals surface area contributed by atoms with Crippen LogP contribution in [-0.2, 0) is 4.79 Å². The number of carbonyl (C=O) groups is 1. The lowest BCUT2D eigenvalue weighted by molar-refractivity contribution is -0.117.